The highest BCUT2D eigenvalue weighted by molar-refractivity contribution is 6.35. The molecule has 2 aromatic rings. The Morgan fingerprint density at radius 2 is 1.84 bits per heavy atom. The molecule has 2 N–H and O–H groups in total. The number of hydrogen-bond donors (Lipinski definition) is 2. The topological polar surface area (TPSA) is 141 Å². The van der Waals surface area contributed by atoms with E-state index in [1.54, 1.807) is 19.1 Å². The monoisotopic (exact) mass is 568 g/mol. The molecule has 0 aliphatic carbocycles. The Morgan fingerprint density at radius 1 is 1.13 bits per heavy atom. The van der Waals surface area contributed by atoms with Gasteiger partial charge in [-0.3, -0.25) is 19.7 Å². The number of carbonyl (C=O) groups excluding carboxylic acids is 2. The molecular weight excluding hydrogens is 539 g/mol. The SMILES string of the molecule is CCOc1c(/C=N\NC(=O)[C@@H](CC(C)C)NC(=O)[C@@H](C)Oc2ccc(Cl)cc2Cl)cc([N+](=O)[O-])cc1OC. The lowest BCUT2D eigenvalue weighted by atomic mass is 10.0. The van der Waals surface area contributed by atoms with E-state index in [9.17, 15) is 19.7 Å². The van der Waals surface area contributed by atoms with Crippen molar-refractivity contribution in [2.24, 2.45) is 11.0 Å². The number of methoxy groups -OCH3 is 1. The van der Waals surface area contributed by atoms with Crippen molar-refractivity contribution in [1.82, 2.24) is 10.7 Å². The van der Waals surface area contributed by atoms with Crippen molar-refractivity contribution in [2.45, 2.75) is 46.3 Å². The van der Waals surface area contributed by atoms with Gasteiger partial charge in [-0.05, 0) is 44.4 Å². The molecule has 13 heteroatoms. The quantitative estimate of drug-likeness (QED) is 0.201. The van der Waals surface area contributed by atoms with Gasteiger partial charge in [-0.1, -0.05) is 37.0 Å². The maximum Gasteiger partial charge on any atom is 0.274 e. The molecule has 11 nitrogen and oxygen atoms in total. The summed E-state index contributed by atoms with van der Waals surface area (Å²) in [6.07, 6.45) is 0.558. The lowest BCUT2D eigenvalue weighted by molar-refractivity contribution is -0.385. The van der Waals surface area contributed by atoms with Crippen LogP contribution >= 0.6 is 23.2 Å². The second-order valence-corrected chi connectivity index (χ2v) is 9.36. The van der Waals surface area contributed by atoms with Gasteiger partial charge in [-0.15, -0.1) is 0 Å². The molecule has 0 fully saturated rings. The number of nitro benzene ring substituents is 1. The number of rotatable bonds is 13. The second-order valence-electron chi connectivity index (χ2n) is 8.52. The van der Waals surface area contributed by atoms with Gasteiger partial charge in [0.1, 0.15) is 11.8 Å². The number of hydrazone groups is 1. The summed E-state index contributed by atoms with van der Waals surface area (Å²) in [7, 11) is 1.36. The Hall–Kier alpha value is -3.57. The third-order valence-corrected chi connectivity index (χ3v) is 5.60. The zero-order valence-electron chi connectivity index (χ0n) is 21.6. The first-order valence-corrected chi connectivity index (χ1v) is 12.5. The summed E-state index contributed by atoms with van der Waals surface area (Å²) < 4.78 is 16.4. The summed E-state index contributed by atoms with van der Waals surface area (Å²) in [5.41, 5.74) is 2.36. The normalized spacial score (nSPS) is 12.6. The number of amides is 2. The van der Waals surface area contributed by atoms with Gasteiger partial charge in [0.05, 0.1) is 35.9 Å². The van der Waals surface area contributed by atoms with E-state index in [0.717, 1.165) is 0 Å². The minimum Gasteiger partial charge on any atom is -0.493 e. The summed E-state index contributed by atoms with van der Waals surface area (Å²) in [5, 5.41) is 18.6. The zero-order chi connectivity index (χ0) is 28.4. The first-order chi connectivity index (χ1) is 18.0. The fraction of sp³-hybridized carbons (Fsp3) is 0.400. The van der Waals surface area contributed by atoms with E-state index in [-0.39, 0.29) is 46.0 Å². The highest BCUT2D eigenvalue weighted by Crippen LogP contribution is 2.35. The fourth-order valence-corrected chi connectivity index (χ4v) is 3.76. The molecule has 0 aromatic heterocycles. The van der Waals surface area contributed by atoms with E-state index in [1.807, 2.05) is 13.8 Å². The molecule has 0 aliphatic rings. The van der Waals surface area contributed by atoms with Crippen LogP contribution in [0.4, 0.5) is 5.69 Å². The number of non-ortho nitro benzene ring substituents is 1. The van der Waals surface area contributed by atoms with E-state index >= 15 is 0 Å². The van der Waals surface area contributed by atoms with E-state index in [2.05, 4.69) is 15.8 Å². The van der Waals surface area contributed by atoms with Gasteiger partial charge in [-0.2, -0.15) is 5.10 Å². The Balaban J connectivity index is 2.17. The van der Waals surface area contributed by atoms with E-state index in [0.29, 0.717) is 11.4 Å². The smallest absolute Gasteiger partial charge is 0.274 e. The van der Waals surface area contributed by atoms with Gasteiger partial charge in [0.15, 0.2) is 17.6 Å². The minimum absolute atomic E-state index is 0.0579. The summed E-state index contributed by atoms with van der Waals surface area (Å²) in [5.74, 6) is -0.419. The average Bonchev–Trinajstić information content (AvgIpc) is 2.85. The predicted octanol–water partition coefficient (Wildman–Crippen LogP) is 4.76. The van der Waals surface area contributed by atoms with Crippen LogP contribution in [-0.2, 0) is 9.59 Å². The number of nitrogens with zero attached hydrogens (tertiary/aromatic N) is 2. The van der Waals surface area contributed by atoms with Crippen LogP contribution in [0.2, 0.25) is 10.0 Å². The molecule has 206 valence electrons. The van der Waals surface area contributed by atoms with Crippen LogP contribution < -0.4 is 25.0 Å². The van der Waals surface area contributed by atoms with E-state index in [4.69, 9.17) is 37.4 Å². The molecule has 0 heterocycles. The van der Waals surface area contributed by atoms with E-state index < -0.39 is 28.9 Å². The largest absolute Gasteiger partial charge is 0.493 e. The van der Waals surface area contributed by atoms with Crippen molar-refractivity contribution in [3.05, 3.63) is 56.1 Å². The summed E-state index contributed by atoms with van der Waals surface area (Å²) in [6, 6.07) is 6.16. The van der Waals surface area contributed by atoms with Crippen molar-refractivity contribution in [2.75, 3.05) is 13.7 Å². The Kier molecular flexibility index (Phi) is 11.6. The van der Waals surface area contributed by atoms with Crippen LogP contribution in [0.1, 0.15) is 39.7 Å². The van der Waals surface area contributed by atoms with Crippen molar-refractivity contribution in [3.63, 3.8) is 0 Å². The zero-order valence-corrected chi connectivity index (χ0v) is 23.1. The molecule has 0 saturated heterocycles. The van der Waals surface area contributed by atoms with Gasteiger partial charge in [0.2, 0.25) is 0 Å². The molecule has 0 bridgehead atoms. The van der Waals surface area contributed by atoms with Crippen LogP contribution in [0.5, 0.6) is 17.2 Å². The van der Waals surface area contributed by atoms with Crippen LogP contribution in [0.15, 0.2) is 35.4 Å². The van der Waals surface area contributed by atoms with Gasteiger partial charge < -0.3 is 19.5 Å². The summed E-state index contributed by atoms with van der Waals surface area (Å²) in [6.45, 7) is 7.33. The molecule has 38 heavy (non-hydrogen) atoms. The summed E-state index contributed by atoms with van der Waals surface area (Å²) in [4.78, 5) is 36.4. The van der Waals surface area contributed by atoms with Crippen LogP contribution in [0.25, 0.3) is 0 Å². The first-order valence-electron chi connectivity index (χ1n) is 11.7. The molecular formula is C25H30Cl2N4O7. The number of carbonyl (C=O) groups is 2. The van der Waals surface area contributed by atoms with Crippen LogP contribution in [0.3, 0.4) is 0 Å². The molecule has 0 radical (unpaired) electrons. The lowest BCUT2D eigenvalue weighted by Gasteiger charge is -2.22. The molecule has 0 aliphatic heterocycles. The maximum atomic E-state index is 12.9. The number of ether oxygens (including phenoxy) is 3. The Labute approximate surface area is 230 Å². The van der Waals surface area contributed by atoms with E-state index in [1.165, 1.54) is 38.4 Å². The maximum absolute atomic E-state index is 12.9. The first kappa shape index (κ1) is 30.7. The van der Waals surface area contributed by atoms with Gasteiger partial charge in [0.25, 0.3) is 17.5 Å². The van der Waals surface area contributed by atoms with Crippen molar-refractivity contribution in [3.8, 4) is 17.2 Å². The highest BCUT2D eigenvalue weighted by Gasteiger charge is 2.26. The van der Waals surface area contributed by atoms with Gasteiger partial charge >= 0.3 is 0 Å². The number of hydrogen-bond acceptors (Lipinski definition) is 8. The molecule has 2 atom stereocenters. The third kappa shape index (κ3) is 8.77. The Morgan fingerprint density at radius 3 is 2.42 bits per heavy atom. The predicted molar refractivity (Wildman–Crippen MR) is 144 cm³/mol. The number of halogens is 2. The number of benzene rings is 2. The number of nitro groups is 1. The van der Waals surface area contributed by atoms with Gasteiger partial charge in [-0.25, -0.2) is 5.43 Å². The molecule has 0 unspecified atom stereocenters. The molecule has 2 aromatic carbocycles. The molecule has 0 spiro atoms. The summed E-state index contributed by atoms with van der Waals surface area (Å²) >= 11 is 12.0. The average molecular weight is 569 g/mol. The molecule has 2 amide bonds. The number of nitrogens with one attached hydrogen (secondary N) is 2. The van der Waals surface area contributed by atoms with Crippen LogP contribution in [-0.4, -0.2) is 48.8 Å². The minimum atomic E-state index is -0.967. The van der Waals surface area contributed by atoms with Gasteiger partial charge in [0, 0.05) is 16.7 Å². The van der Waals surface area contributed by atoms with Crippen molar-refractivity contribution < 1.29 is 28.7 Å². The molecule has 2 rings (SSSR count). The van der Waals surface area contributed by atoms with Crippen LogP contribution in [0, 0.1) is 16.0 Å². The third-order valence-electron chi connectivity index (χ3n) is 5.07. The molecule has 0 saturated carbocycles. The standard InChI is InChI=1S/C25H30Cl2N4O7/c1-6-37-23-16(10-18(31(34)35)12-22(23)36-5)13-28-30-25(33)20(9-14(2)3)29-24(32)15(4)38-21-8-7-17(26)11-19(21)27/h7-8,10-15,20H,6,9H2,1-5H3,(H,29,32)(H,30,33)/b28-13-/t15-,20-/m1/s1. The van der Waals surface area contributed by atoms with Crippen molar-refractivity contribution >= 4 is 46.9 Å². The second kappa shape index (κ2) is 14.4. The van der Waals surface area contributed by atoms with Crippen molar-refractivity contribution in [1.29, 1.82) is 0 Å². The lowest BCUT2D eigenvalue weighted by Crippen LogP contribution is -2.49. The highest BCUT2D eigenvalue weighted by atomic mass is 35.5. The fourth-order valence-electron chi connectivity index (χ4n) is 3.31. The Bertz CT molecular complexity index is 1190.